The predicted octanol–water partition coefficient (Wildman–Crippen LogP) is 0.594. The Balaban J connectivity index is 2.87. The van der Waals surface area contributed by atoms with Crippen LogP contribution in [0.1, 0.15) is 40.2 Å². The van der Waals surface area contributed by atoms with Crippen molar-refractivity contribution < 1.29 is 27.9 Å². The van der Waals surface area contributed by atoms with Gasteiger partial charge in [0.2, 0.25) is 15.9 Å². The maximum Gasteiger partial charge on any atom is 0.329 e. The van der Waals surface area contributed by atoms with Crippen LogP contribution < -0.4 is 15.6 Å². The zero-order chi connectivity index (χ0) is 21.5. The van der Waals surface area contributed by atoms with Gasteiger partial charge in [0.1, 0.15) is 17.4 Å². The van der Waals surface area contributed by atoms with E-state index in [1.54, 1.807) is 32.9 Å². The first kappa shape index (κ1) is 23.9. The molecule has 0 aromatic heterocycles. The van der Waals surface area contributed by atoms with Gasteiger partial charge in [-0.05, 0) is 52.3 Å². The molecule has 2 atom stereocenters. The molecular formula is C18H29N3O6S. The summed E-state index contributed by atoms with van der Waals surface area (Å²) in [6.07, 6.45) is 0.147. The van der Waals surface area contributed by atoms with Crippen LogP contribution in [0, 0.1) is 0 Å². The highest BCUT2D eigenvalue weighted by atomic mass is 32.2. The van der Waals surface area contributed by atoms with E-state index >= 15 is 0 Å². The number of esters is 1. The summed E-state index contributed by atoms with van der Waals surface area (Å²) in [6.45, 7) is 8.07. The van der Waals surface area contributed by atoms with E-state index in [2.05, 4.69) is 15.6 Å². The molecule has 1 unspecified atom stereocenters. The topological polar surface area (TPSA) is 134 Å². The number of rotatable bonds is 9. The standard InChI is InChI=1S/C18H29N3O6S/c1-6-28(25,26)21-20-12(2)16(23)19-15(17(24)27-18(3,4)5)11-13-7-9-14(22)10-8-13/h7-10,12,15,20-22H,6,11H2,1-5H3,(H,19,23)/t12?,15-/m0/s1. The minimum atomic E-state index is -3.53. The Morgan fingerprint density at radius 3 is 2.25 bits per heavy atom. The molecule has 1 amide bonds. The first-order valence-corrected chi connectivity index (χ1v) is 10.5. The van der Waals surface area contributed by atoms with Gasteiger partial charge in [-0.25, -0.2) is 18.6 Å². The molecule has 4 N–H and O–H groups in total. The van der Waals surface area contributed by atoms with E-state index in [0.717, 1.165) is 0 Å². The van der Waals surface area contributed by atoms with E-state index in [0.29, 0.717) is 5.56 Å². The largest absolute Gasteiger partial charge is 0.508 e. The minimum Gasteiger partial charge on any atom is -0.508 e. The molecule has 0 aliphatic rings. The van der Waals surface area contributed by atoms with E-state index in [4.69, 9.17) is 4.74 Å². The smallest absolute Gasteiger partial charge is 0.329 e. The van der Waals surface area contributed by atoms with Gasteiger partial charge in [-0.2, -0.15) is 4.83 Å². The summed E-state index contributed by atoms with van der Waals surface area (Å²) in [4.78, 5) is 27.1. The zero-order valence-electron chi connectivity index (χ0n) is 16.8. The lowest BCUT2D eigenvalue weighted by molar-refractivity contribution is -0.158. The second-order valence-corrected chi connectivity index (χ2v) is 9.35. The molecule has 28 heavy (non-hydrogen) atoms. The van der Waals surface area contributed by atoms with Crippen molar-refractivity contribution in [3.8, 4) is 5.75 Å². The lowest BCUT2D eigenvalue weighted by Crippen LogP contribution is -2.54. The fourth-order valence-corrected chi connectivity index (χ4v) is 2.55. The van der Waals surface area contributed by atoms with Gasteiger partial charge in [-0.15, -0.1) is 0 Å². The summed E-state index contributed by atoms with van der Waals surface area (Å²) in [5.41, 5.74) is 2.37. The van der Waals surface area contributed by atoms with Crippen LogP contribution >= 0.6 is 0 Å². The third-order valence-corrected chi connectivity index (χ3v) is 4.78. The van der Waals surface area contributed by atoms with E-state index in [9.17, 15) is 23.1 Å². The van der Waals surface area contributed by atoms with E-state index in [1.165, 1.54) is 26.0 Å². The number of phenolic OH excluding ortho intramolecular Hbond substituents is 1. The van der Waals surface area contributed by atoms with Crippen molar-refractivity contribution >= 4 is 21.9 Å². The van der Waals surface area contributed by atoms with Crippen LogP contribution in [0.15, 0.2) is 24.3 Å². The number of amides is 1. The molecule has 9 nitrogen and oxygen atoms in total. The Labute approximate surface area is 165 Å². The number of sulfonamides is 1. The first-order chi connectivity index (χ1) is 12.8. The average Bonchev–Trinajstić information content (AvgIpc) is 2.59. The molecule has 1 rings (SSSR count). The monoisotopic (exact) mass is 415 g/mol. The number of carbonyl (C=O) groups excluding carboxylic acids is 2. The fraction of sp³-hybridized carbons (Fsp3) is 0.556. The van der Waals surface area contributed by atoms with Crippen LogP contribution in [0.4, 0.5) is 0 Å². The van der Waals surface area contributed by atoms with Crippen LogP contribution in [0.25, 0.3) is 0 Å². The zero-order valence-corrected chi connectivity index (χ0v) is 17.6. The molecule has 0 bridgehead atoms. The van der Waals surface area contributed by atoms with Crippen molar-refractivity contribution in [1.29, 1.82) is 0 Å². The van der Waals surface area contributed by atoms with E-state index in [1.807, 2.05) is 0 Å². The fourth-order valence-electron chi connectivity index (χ4n) is 2.05. The second kappa shape index (κ2) is 9.85. The van der Waals surface area contributed by atoms with Gasteiger partial charge >= 0.3 is 5.97 Å². The van der Waals surface area contributed by atoms with Crippen LogP contribution in [0.3, 0.4) is 0 Å². The lowest BCUT2D eigenvalue weighted by atomic mass is 10.0. The average molecular weight is 416 g/mol. The molecule has 1 aromatic rings. The molecular weight excluding hydrogens is 386 g/mol. The first-order valence-electron chi connectivity index (χ1n) is 8.89. The van der Waals surface area contributed by atoms with Gasteiger partial charge in [0.25, 0.3) is 0 Å². The van der Waals surface area contributed by atoms with Crippen molar-refractivity contribution in [2.24, 2.45) is 0 Å². The Hall–Kier alpha value is -2.17. The number of phenols is 1. The van der Waals surface area contributed by atoms with Crippen LogP contribution in [-0.4, -0.2) is 48.8 Å². The van der Waals surface area contributed by atoms with E-state index in [-0.39, 0.29) is 17.9 Å². The number of hydrazine groups is 1. The Kier molecular flexibility index (Phi) is 8.40. The van der Waals surface area contributed by atoms with Gasteiger partial charge in [-0.3, -0.25) is 4.79 Å². The molecule has 0 aliphatic carbocycles. The van der Waals surface area contributed by atoms with Gasteiger partial charge < -0.3 is 15.2 Å². The summed E-state index contributed by atoms with van der Waals surface area (Å²) in [7, 11) is -3.53. The summed E-state index contributed by atoms with van der Waals surface area (Å²) in [6, 6.07) is 4.32. The van der Waals surface area contributed by atoms with Crippen molar-refractivity contribution in [2.45, 2.75) is 58.7 Å². The SMILES string of the molecule is CCS(=O)(=O)NNC(C)C(=O)N[C@@H](Cc1ccc(O)cc1)C(=O)OC(C)(C)C. The van der Waals surface area contributed by atoms with Crippen molar-refractivity contribution in [3.05, 3.63) is 29.8 Å². The highest BCUT2D eigenvalue weighted by Crippen LogP contribution is 2.14. The Morgan fingerprint density at radius 2 is 1.75 bits per heavy atom. The normalized spacial score (nSPS) is 14.2. The number of carbonyl (C=O) groups is 2. The Bertz CT molecular complexity index is 772. The predicted molar refractivity (Wildman–Crippen MR) is 105 cm³/mol. The number of ether oxygens (including phenoxy) is 1. The summed E-state index contributed by atoms with van der Waals surface area (Å²) >= 11 is 0. The number of aromatic hydroxyl groups is 1. The number of hydrogen-bond acceptors (Lipinski definition) is 7. The summed E-state index contributed by atoms with van der Waals surface area (Å²) in [5, 5.41) is 12.0. The summed E-state index contributed by atoms with van der Waals surface area (Å²) < 4.78 is 28.3. The number of hydrogen-bond donors (Lipinski definition) is 4. The second-order valence-electron chi connectivity index (χ2n) is 7.34. The lowest BCUT2D eigenvalue weighted by Gasteiger charge is -2.25. The maximum absolute atomic E-state index is 12.5. The third-order valence-electron chi connectivity index (χ3n) is 3.59. The number of benzene rings is 1. The highest BCUT2D eigenvalue weighted by molar-refractivity contribution is 7.89. The van der Waals surface area contributed by atoms with Crippen molar-refractivity contribution in [1.82, 2.24) is 15.6 Å². The van der Waals surface area contributed by atoms with Crippen LogP contribution in [0.2, 0.25) is 0 Å². The highest BCUT2D eigenvalue weighted by Gasteiger charge is 2.28. The van der Waals surface area contributed by atoms with Gasteiger partial charge in [0.05, 0.1) is 11.8 Å². The van der Waals surface area contributed by atoms with Gasteiger partial charge in [0.15, 0.2) is 0 Å². The molecule has 0 saturated heterocycles. The number of nitrogens with one attached hydrogen (secondary N) is 3. The van der Waals surface area contributed by atoms with Gasteiger partial charge in [0, 0.05) is 6.42 Å². The quantitative estimate of drug-likeness (QED) is 0.343. The van der Waals surface area contributed by atoms with Crippen LogP contribution in [0.5, 0.6) is 5.75 Å². The molecule has 0 radical (unpaired) electrons. The summed E-state index contributed by atoms with van der Waals surface area (Å²) in [5.74, 6) is -1.25. The third kappa shape index (κ3) is 8.68. The molecule has 10 heteroatoms. The molecule has 0 saturated carbocycles. The van der Waals surface area contributed by atoms with Crippen LogP contribution in [-0.2, 0) is 30.8 Å². The van der Waals surface area contributed by atoms with Gasteiger partial charge in [-0.1, -0.05) is 12.1 Å². The minimum absolute atomic E-state index is 0.0858. The molecule has 0 fully saturated rings. The van der Waals surface area contributed by atoms with E-state index < -0.39 is 39.6 Å². The Morgan fingerprint density at radius 1 is 1.18 bits per heavy atom. The molecule has 1 aromatic carbocycles. The molecule has 158 valence electrons. The van der Waals surface area contributed by atoms with Crippen molar-refractivity contribution in [2.75, 3.05) is 5.75 Å². The molecule has 0 spiro atoms. The molecule has 0 aliphatic heterocycles. The maximum atomic E-state index is 12.5. The molecule has 0 heterocycles. The van der Waals surface area contributed by atoms with Crippen molar-refractivity contribution in [3.63, 3.8) is 0 Å².